The summed E-state index contributed by atoms with van der Waals surface area (Å²) in [6, 6.07) is 25.8. The zero-order valence-electron chi connectivity index (χ0n) is 14.6. The van der Waals surface area contributed by atoms with Gasteiger partial charge < -0.3 is 10.4 Å². The zero-order valence-corrected chi connectivity index (χ0v) is 14.6. The molecule has 3 nitrogen and oxygen atoms in total. The quantitative estimate of drug-likeness (QED) is 0.519. The third-order valence-electron chi connectivity index (χ3n) is 4.60. The number of hydrogen-bond acceptors (Lipinski definition) is 3. The van der Waals surface area contributed by atoms with Crippen molar-refractivity contribution in [1.29, 1.82) is 0 Å². The highest BCUT2D eigenvalue weighted by Gasteiger charge is 2.21. The second-order valence-corrected chi connectivity index (χ2v) is 6.42. The summed E-state index contributed by atoms with van der Waals surface area (Å²) in [4.78, 5) is 4.40. The Hall–Kier alpha value is -3.33. The van der Waals surface area contributed by atoms with Crippen molar-refractivity contribution in [2.45, 2.75) is 13.0 Å². The van der Waals surface area contributed by atoms with Crippen molar-refractivity contribution in [3.63, 3.8) is 0 Å². The number of anilines is 1. The minimum atomic E-state index is -0.211. The van der Waals surface area contributed by atoms with E-state index in [1.807, 2.05) is 42.5 Å². The number of hydrogen-bond donors (Lipinski definition) is 2. The fraction of sp³-hybridized carbons (Fsp3) is 0.0870. The van der Waals surface area contributed by atoms with Crippen LogP contribution in [0.5, 0.6) is 5.75 Å². The Kier molecular flexibility index (Phi) is 4.28. The van der Waals surface area contributed by atoms with Crippen LogP contribution in [0.25, 0.3) is 10.8 Å². The largest absolute Gasteiger partial charge is 0.508 e. The second kappa shape index (κ2) is 6.89. The lowest BCUT2D eigenvalue weighted by Crippen LogP contribution is -2.14. The highest BCUT2D eigenvalue weighted by atomic mass is 16.3. The molecule has 0 fully saturated rings. The number of nitrogens with one attached hydrogen (secondary N) is 1. The summed E-state index contributed by atoms with van der Waals surface area (Å²) in [5, 5.41) is 16.3. The van der Waals surface area contributed by atoms with Gasteiger partial charge in [0.2, 0.25) is 0 Å². The van der Waals surface area contributed by atoms with Gasteiger partial charge in [-0.3, -0.25) is 0 Å². The molecule has 0 saturated heterocycles. The van der Waals surface area contributed by atoms with Crippen molar-refractivity contribution in [2.75, 3.05) is 5.32 Å². The molecular weight excluding hydrogens is 320 g/mol. The van der Waals surface area contributed by atoms with Gasteiger partial charge in [-0.05, 0) is 41.5 Å². The van der Waals surface area contributed by atoms with Crippen LogP contribution in [-0.4, -0.2) is 10.1 Å². The molecule has 4 aromatic rings. The maximum Gasteiger partial charge on any atom is 0.126 e. The van der Waals surface area contributed by atoms with Crippen LogP contribution in [0.2, 0.25) is 0 Å². The number of aromatic hydroxyl groups is 1. The molecule has 0 radical (unpaired) electrons. The molecule has 1 aromatic heterocycles. The molecule has 1 unspecified atom stereocenters. The highest BCUT2D eigenvalue weighted by molar-refractivity contribution is 5.89. The van der Waals surface area contributed by atoms with Crippen molar-refractivity contribution in [1.82, 2.24) is 4.98 Å². The molecule has 3 heteroatoms. The van der Waals surface area contributed by atoms with Gasteiger partial charge in [0.25, 0.3) is 0 Å². The molecule has 3 aromatic carbocycles. The number of rotatable bonds is 4. The van der Waals surface area contributed by atoms with E-state index in [1.165, 1.54) is 5.56 Å². The van der Waals surface area contributed by atoms with Gasteiger partial charge in [0.1, 0.15) is 11.6 Å². The summed E-state index contributed by atoms with van der Waals surface area (Å²) in [5.41, 5.74) is 3.14. The molecule has 0 saturated carbocycles. The van der Waals surface area contributed by atoms with Crippen LogP contribution in [0, 0.1) is 6.92 Å². The van der Waals surface area contributed by atoms with Gasteiger partial charge in [-0.25, -0.2) is 4.98 Å². The Morgan fingerprint density at radius 3 is 2.38 bits per heavy atom. The van der Waals surface area contributed by atoms with Gasteiger partial charge >= 0.3 is 0 Å². The number of phenols is 1. The Bertz CT molecular complexity index is 1030. The van der Waals surface area contributed by atoms with E-state index in [0.29, 0.717) is 0 Å². The number of fused-ring (bicyclic) bond motifs is 1. The zero-order chi connectivity index (χ0) is 17.9. The van der Waals surface area contributed by atoms with Crippen LogP contribution in [0.4, 0.5) is 5.82 Å². The molecule has 4 rings (SSSR count). The third-order valence-corrected chi connectivity index (χ3v) is 4.60. The van der Waals surface area contributed by atoms with Crippen LogP contribution >= 0.6 is 0 Å². The molecular formula is C23H20N2O. The monoisotopic (exact) mass is 340 g/mol. The van der Waals surface area contributed by atoms with Crippen molar-refractivity contribution in [3.8, 4) is 5.75 Å². The molecule has 128 valence electrons. The average Bonchev–Trinajstić information content (AvgIpc) is 2.68. The molecule has 0 aliphatic heterocycles. The minimum absolute atomic E-state index is 0.211. The van der Waals surface area contributed by atoms with Crippen molar-refractivity contribution < 1.29 is 5.11 Å². The van der Waals surface area contributed by atoms with Crippen LogP contribution in [0.3, 0.4) is 0 Å². The molecule has 0 aliphatic rings. The first kappa shape index (κ1) is 16.2. The maximum atomic E-state index is 10.7. The lowest BCUT2D eigenvalue weighted by atomic mass is 9.92. The number of phenolic OH excluding ortho intramolecular Hbond substituents is 1. The molecule has 26 heavy (non-hydrogen) atoms. The van der Waals surface area contributed by atoms with Crippen molar-refractivity contribution >= 4 is 16.6 Å². The van der Waals surface area contributed by atoms with Crippen LogP contribution in [0.15, 0.2) is 85.1 Å². The number of aromatic nitrogens is 1. The number of pyridine rings is 1. The van der Waals surface area contributed by atoms with Gasteiger partial charge in [-0.1, -0.05) is 66.2 Å². The van der Waals surface area contributed by atoms with E-state index in [2.05, 4.69) is 47.6 Å². The van der Waals surface area contributed by atoms with E-state index in [0.717, 1.165) is 27.7 Å². The molecule has 0 spiro atoms. The molecule has 0 amide bonds. The first-order chi connectivity index (χ1) is 12.7. The van der Waals surface area contributed by atoms with Crippen LogP contribution in [-0.2, 0) is 0 Å². The lowest BCUT2D eigenvalue weighted by Gasteiger charge is -2.23. The summed E-state index contributed by atoms with van der Waals surface area (Å²) in [6.45, 7) is 2.07. The summed E-state index contributed by atoms with van der Waals surface area (Å²) in [5.74, 6) is 1.04. The fourth-order valence-corrected chi connectivity index (χ4v) is 3.26. The second-order valence-electron chi connectivity index (χ2n) is 6.42. The summed E-state index contributed by atoms with van der Waals surface area (Å²) >= 11 is 0. The SMILES string of the molecule is Cc1ccc(C(Nc2ccccn2)c2c(O)ccc3ccccc23)cc1. The third kappa shape index (κ3) is 3.11. The fourth-order valence-electron chi connectivity index (χ4n) is 3.26. The number of nitrogens with zero attached hydrogens (tertiary/aromatic N) is 1. The Labute approximate surface area is 153 Å². The van der Waals surface area contributed by atoms with Crippen molar-refractivity contribution in [2.24, 2.45) is 0 Å². The predicted octanol–water partition coefficient (Wildman–Crippen LogP) is 5.45. The first-order valence-corrected chi connectivity index (χ1v) is 8.67. The van der Waals surface area contributed by atoms with Crippen LogP contribution in [0.1, 0.15) is 22.7 Å². The summed E-state index contributed by atoms with van der Waals surface area (Å²) in [6.07, 6.45) is 1.76. The summed E-state index contributed by atoms with van der Waals surface area (Å²) < 4.78 is 0. The van der Waals surface area contributed by atoms with E-state index in [1.54, 1.807) is 12.3 Å². The Morgan fingerprint density at radius 2 is 1.62 bits per heavy atom. The number of aryl methyl sites for hydroxylation is 1. The van der Waals surface area contributed by atoms with Crippen molar-refractivity contribution in [3.05, 3.63) is 102 Å². The average molecular weight is 340 g/mol. The van der Waals surface area contributed by atoms with Gasteiger partial charge in [-0.2, -0.15) is 0 Å². The normalized spacial score (nSPS) is 12.0. The lowest BCUT2D eigenvalue weighted by molar-refractivity contribution is 0.468. The van der Waals surface area contributed by atoms with E-state index in [-0.39, 0.29) is 11.8 Å². The number of benzene rings is 3. The van der Waals surface area contributed by atoms with Crippen LogP contribution < -0.4 is 5.32 Å². The standard InChI is InChI=1S/C23H20N2O/c1-16-9-11-18(12-10-16)23(25-21-8-4-5-15-24-21)22-19-7-3-2-6-17(19)13-14-20(22)26/h2-15,23,26H,1H3,(H,24,25). The first-order valence-electron chi connectivity index (χ1n) is 8.67. The minimum Gasteiger partial charge on any atom is -0.508 e. The Morgan fingerprint density at radius 1 is 0.846 bits per heavy atom. The molecule has 0 bridgehead atoms. The van der Waals surface area contributed by atoms with Gasteiger partial charge in [-0.15, -0.1) is 0 Å². The molecule has 1 heterocycles. The van der Waals surface area contributed by atoms with Gasteiger partial charge in [0.15, 0.2) is 0 Å². The van der Waals surface area contributed by atoms with Gasteiger partial charge in [0, 0.05) is 11.8 Å². The van der Waals surface area contributed by atoms with E-state index in [4.69, 9.17) is 0 Å². The predicted molar refractivity (Wildman–Crippen MR) is 106 cm³/mol. The molecule has 2 N–H and O–H groups in total. The summed E-state index contributed by atoms with van der Waals surface area (Å²) in [7, 11) is 0. The van der Waals surface area contributed by atoms with Gasteiger partial charge in [0.05, 0.1) is 6.04 Å². The van der Waals surface area contributed by atoms with E-state index in [9.17, 15) is 5.11 Å². The Balaban J connectivity index is 1.91. The van der Waals surface area contributed by atoms with E-state index >= 15 is 0 Å². The molecule has 1 atom stereocenters. The molecule has 0 aliphatic carbocycles. The smallest absolute Gasteiger partial charge is 0.126 e. The topological polar surface area (TPSA) is 45.2 Å². The maximum absolute atomic E-state index is 10.7. The highest BCUT2D eigenvalue weighted by Crippen LogP contribution is 2.37. The van der Waals surface area contributed by atoms with E-state index < -0.39 is 0 Å².